The number of carbonyl (C=O) groups is 1. The van der Waals surface area contributed by atoms with Crippen molar-refractivity contribution in [2.45, 2.75) is 44.7 Å². The zero-order chi connectivity index (χ0) is 23.9. The molecular weight excluding hydrogens is 442 g/mol. The molecule has 6 heterocycles. The molecule has 1 amide bonds. The van der Waals surface area contributed by atoms with E-state index in [9.17, 15) is 4.79 Å². The highest BCUT2D eigenvalue weighted by Gasteiger charge is 2.31. The number of carbonyl (C=O) groups excluding carboxylic acids is 1. The Morgan fingerprint density at radius 3 is 2.86 bits per heavy atom. The first kappa shape index (κ1) is 21.7. The van der Waals surface area contributed by atoms with Crippen LogP contribution in [0.2, 0.25) is 0 Å². The summed E-state index contributed by atoms with van der Waals surface area (Å²) >= 11 is 0. The maximum absolute atomic E-state index is 13.6. The van der Waals surface area contributed by atoms with Gasteiger partial charge in [-0.25, -0.2) is 19.5 Å². The fourth-order valence-corrected chi connectivity index (χ4v) is 5.22. The van der Waals surface area contributed by atoms with Crippen molar-refractivity contribution in [3.05, 3.63) is 66.1 Å². The molecule has 2 aliphatic heterocycles. The van der Waals surface area contributed by atoms with Crippen molar-refractivity contribution < 1.29 is 4.79 Å². The van der Waals surface area contributed by atoms with Crippen molar-refractivity contribution in [1.29, 1.82) is 0 Å². The first-order valence-electron chi connectivity index (χ1n) is 12.2. The van der Waals surface area contributed by atoms with E-state index in [-0.39, 0.29) is 18.0 Å². The molecule has 0 spiro atoms. The van der Waals surface area contributed by atoms with Crippen LogP contribution in [0.1, 0.15) is 53.3 Å². The zero-order valence-corrected chi connectivity index (χ0v) is 19.8. The number of anilines is 1. The van der Waals surface area contributed by atoms with Gasteiger partial charge in [-0.1, -0.05) is 0 Å². The van der Waals surface area contributed by atoms with E-state index < -0.39 is 0 Å². The van der Waals surface area contributed by atoms with E-state index in [2.05, 4.69) is 21.8 Å². The molecule has 4 aromatic rings. The molecule has 2 aliphatic rings. The van der Waals surface area contributed by atoms with Gasteiger partial charge in [-0.15, -0.1) is 0 Å². The third-order valence-electron chi connectivity index (χ3n) is 7.01. The number of pyridine rings is 1. The number of aromatic nitrogens is 6. The quantitative estimate of drug-likeness (QED) is 0.487. The molecular formula is C25H29N9O. The van der Waals surface area contributed by atoms with Crippen molar-refractivity contribution in [1.82, 2.24) is 34.0 Å². The zero-order valence-electron chi connectivity index (χ0n) is 19.8. The number of fused-ring (bicyclic) bond motifs is 1. The van der Waals surface area contributed by atoms with Crippen LogP contribution in [0.4, 0.5) is 5.82 Å². The summed E-state index contributed by atoms with van der Waals surface area (Å²) in [5.41, 5.74) is 9.48. The number of rotatable bonds is 4. The van der Waals surface area contributed by atoms with Crippen LogP contribution in [0.5, 0.6) is 0 Å². The predicted octanol–water partition coefficient (Wildman–Crippen LogP) is 2.52. The van der Waals surface area contributed by atoms with Gasteiger partial charge in [0.2, 0.25) is 0 Å². The summed E-state index contributed by atoms with van der Waals surface area (Å²) in [7, 11) is 0. The van der Waals surface area contributed by atoms with Gasteiger partial charge in [0, 0.05) is 67.7 Å². The third kappa shape index (κ3) is 4.03. The Kier molecular flexibility index (Phi) is 5.44. The first-order valence-corrected chi connectivity index (χ1v) is 12.2. The Morgan fingerprint density at radius 2 is 2.06 bits per heavy atom. The number of nitrogens with two attached hydrogens (primary N) is 1. The van der Waals surface area contributed by atoms with Crippen molar-refractivity contribution >= 4 is 17.4 Å². The normalized spacial score (nSPS) is 20.6. The second kappa shape index (κ2) is 8.77. The van der Waals surface area contributed by atoms with E-state index in [0.717, 1.165) is 61.5 Å². The summed E-state index contributed by atoms with van der Waals surface area (Å²) in [5, 5.41) is 4.86. The predicted molar refractivity (Wildman–Crippen MR) is 132 cm³/mol. The van der Waals surface area contributed by atoms with Crippen LogP contribution < -0.4 is 10.6 Å². The molecule has 0 saturated carbocycles. The van der Waals surface area contributed by atoms with Crippen molar-refractivity contribution in [3.8, 4) is 5.82 Å². The van der Waals surface area contributed by atoms with E-state index in [1.165, 1.54) is 0 Å². The molecule has 180 valence electrons. The minimum absolute atomic E-state index is 0.00796. The largest absolute Gasteiger partial charge is 0.355 e. The molecule has 2 fully saturated rings. The minimum Gasteiger partial charge on any atom is -0.355 e. The lowest BCUT2D eigenvalue weighted by Crippen LogP contribution is -2.38. The molecule has 0 aromatic carbocycles. The van der Waals surface area contributed by atoms with Gasteiger partial charge in [0.05, 0.1) is 11.7 Å². The summed E-state index contributed by atoms with van der Waals surface area (Å²) in [6.07, 6.45) is 12.8. The molecule has 0 bridgehead atoms. The molecule has 0 aliphatic carbocycles. The molecule has 2 atom stereocenters. The third-order valence-corrected chi connectivity index (χ3v) is 7.01. The number of hydrogen-bond donors (Lipinski definition) is 1. The molecule has 10 nitrogen and oxygen atoms in total. The van der Waals surface area contributed by atoms with E-state index in [4.69, 9.17) is 15.8 Å². The summed E-state index contributed by atoms with van der Waals surface area (Å²) in [6, 6.07) is 5.72. The van der Waals surface area contributed by atoms with Gasteiger partial charge in [0.15, 0.2) is 5.65 Å². The Labute approximate surface area is 203 Å². The van der Waals surface area contributed by atoms with Gasteiger partial charge < -0.3 is 15.5 Å². The highest BCUT2D eigenvalue weighted by Crippen LogP contribution is 2.33. The Balaban J connectivity index is 1.31. The lowest BCUT2D eigenvalue weighted by molar-refractivity contribution is 0.0605. The Bertz CT molecular complexity index is 1360. The summed E-state index contributed by atoms with van der Waals surface area (Å²) < 4.78 is 3.64. The maximum atomic E-state index is 13.6. The van der Waals surface area contributed by atoms with E-state index in [0.29, 0.717) is 17.9 Å². The van der Waals surface area contributed by atoms with E-state index >= 15 is 0 Å². The second-order valence-corrected chi connectivity index (χ2v) is 9.50. The van der Waals surface area contributed by atoms with Gasteiger partial charge in [0.25, 0.3) is 5.91 Å². The monoisotopic (exact) mass is 471 g/mol. The maximum Gasteiger partial charge on any atom is 0.254 e. The van der Waals surface area contributed by atoms with Crippen LogP contribution in [0.3, 0.4) is 0 Å². The molecule has 10 heteroatoms. The summed E-state index contributed by atoms with van der Waals surface area (Å²) in [4.78, 5) is 31.2. The van der Waals surface area contributed by atoms with Crippen molar-refractivity contribution in [2.75, 3.05) is 24.5 Å². The summed E-state index contributed by atoms with van der Waals surface area (Å²) in [6.45, 7) is 4.50. The van der Waals surface area contributed by atoms with Crippen LogP contribution in [0, 0.1) is 6.92 Å². The Morgan fingerprint density at radius 1 is 1.14 bits per heavy atom. The van der Waals surface area contributed by atoms with Gasteiger partial charge in [0.1, 0.15) is 18.0 Å². The molecule has 0 unspecified atom stereocenters. The highest BCUT2D eigenvalue weighted by atomic mass is 16.2. The van der Waals surface area contributed by atoms with Crippen LogP contribution in [0.15, 0.2) is 49.3 Å². The molecule has 4 aromatic heterocycles. The van der Waals surface area contributed by atoms with Crippen LogP contribution in [-0.4, -0.2) is 65.6 Å². The Hall–Kier alpha value is -3.79. The molecule has 35 heavy (non-hydrogen) atoms. The lowest BCUT2D eigenvalue weighted by Gasteiger charge is -2.34. The fourth-order valence-electron chi connectivity index (χ4n) is 5.22. The number of hydrogen-bond acceptors (Lipinski definition) is 7. The average molecular weight is 472 g/mol. The molecule has 2 saturated heterocycles. The number of imidazole rings is 1. The van der Waals surface area contributed by atoms with Crippen LogP contribution in [0.25, 0.3) is 11.5 Å². The number of likely N-dealkylation sites (tertiary alicyclic amines) is 1. The number of piperidine rings is 1. The topological polar surface area (TPSA) is 110 Å². The van der Waals surface area contributed by atoms with Crippen LogP contribution >= 0.6 is 0 Å². The van der Waals surface area contributed by atoms with Crippen LogP contribution in [-0.2, 0) is 0 Å². The standard InChI is InChI=1S/C25H29N9O/c1-17-14-34-23(29-24(17)31-10-6-19(26)15-31)13-20(30-34)21-4-2-3-9-33(21)25(35)18-5-7-28-22(12-18)32-11-8-27-16-32/h5,7-8,11-14,16,19,21H,2-4,6,9-10,15,26H2,1H3/t19-,21-/m0/s1. The van der Waals surface area contributed by atoms with Gasteiger partial charge >= 0.3 is 0 Å². The second-order valence-electron chi connectivity index (χ2n) is 9.50. The van der Waals surface area contributed by atoms with E-state index in [1.54, 1.807) is 29.4 Å². The number of nitrogens with zero attached hydrogens (tertiary/aromatic N) is 8. The first-order chi connectivity index (χ1) is 17.1. The average Bonchev–Trinajstić information content (AvgIpc) is 3.64. The molecule has 0 radical (unpaired) electrons. The van der Waals surface area contributed by atoms with Gasteiger partial charge in [-0.3, -0.25) is 9.36 Å². The highest BCUT2D eigenvalue weighted by molar-refractivity contribution is 5.95. The molecule has 6 rings (SSSR count). The number of amides is 1. The van der Waals surface area contributed by atoms with E-state index in [1.807, 2.05) is 33.9 Å². The minimum atomic E-state index is -0.0909. The SMILES string of the molecule is Cc1cn2nc([C@@H]3CCCCN3C(=O)c3ccnc(-n4ccnc4)c3)cc2nc1N1CC[C@H](N)C1. The van der Waals surface area contributed by atoms with Gasteiger partial charge in [-0.2, -0.15) is 5.10 Å². The lowest BCUT2D eigenvalue weighted by atomic mass is 9.98. The van der Waals surface area contributed by atoms with Crippen molar-refractivity contribution in [3.63, 3.8) is 0 Å². The smallest absolute Gasteiger partial charge is 0.254 e. The van der Waals surface area contributed by atoms with Gasteiger partial charge in [-0.05, 0) is 44.7 Å². The van der Waals surface area contributed by atoms with Crippen molar-refractivity contribution in [2.24, 2.45) is 5.73 Å². The fraction of sp³-hybridized carbons (Fsp3) is 0.400. The summed E-state index contributed by atoms with van der Waals surface area (Å²) in [5.74, 6) is 1.63. The number of aryl methyl sites for hydroxylation is 1. The molecule has 2 N–H and O–H groups in total.